The van der Waals surface area contributed by atoms with Crippen LogP contribution in [0.15, 0.2) is 18.2 Å². The van der Waals surface area contributed by atoms with Gasteiger partial charge in [-0.3, -0.25) is 14.5 Å². The Labute approximate surface area is 116 Å². The summed E-state index contributed by atoms with van der Waals surface area (Å²) in [4.78, 5) is 26.0. The Balaban J connectivity index is 2.55. The van der Waals surface area contributed by atoms with E-state index in [9.17, 15) is 18.4 Å². The molecule has 1 N–H and O–H groups in total. The number of hydrogen-bond acceptors (Lipinski definition) is 3. The molecule has 0 bridgehead atoms. The fourth-order valence-corrected chi connectivity index (χ4v) is 1.46. The average Bonchev–Trinajstić information content (AvgIpc) is 2.33. The SMILES string of the molecule is CN(CC(=O)Nc1cc(F)ccc1F)CC(=O)N(C)C. The Hall–Kier alpha value is -2.02. The van der Waals surface area contributed by atoms with Crippen LogP contribution < -0.4 is 5.32 Å². The number of amides is 2. The van der Waals surface area contributed by atoms with Gasteiger partial charge >= 0.3 is 0 Å². The number of likely N-dealkylation sites (N-methyl/N-ethyl adjacent to an activating group) is 2. The van der Waals surface area contributed by atoms with Gasteiger partial charge in [0.15, 0.2) is 0 Å². The lowest BCUT2D eigenvalue weighted by molar-refractivity contribution is -0.130. The minimum atomic E-state index is -0.716. The summed E-state index contributed by atoms with van der Waals surface area (Å²) in [5, 5.41) is 2.26. The fourth-order valence-electron chi connectivity index (χ4n) is 1.46. The lowest BCUT2D eigenvalue weighted by Crippen LogP contribution is -2.38. The monoisotopic (exact) mass is 285 g/mol. The number of anilines is 1. The molecule has 2 amide bonds. The molecule has 0 radical (unpaired) electrons. The summed E-state index contributed by atoms with van der Waals surface area (Å²) in [6.07, 6.45) is 0. The van der Waals surface area contributed by atoms with Crippen molar-refractivity contribution in [1.29, 1.82) is 0 Å². The number of halogens is 2. The molecule has 7 heteroatoms. The van der Waals surface area contributed by atoms with Crippen LogP contribution in [0.5, 0.6) is 0 Å². The Morgan fingerprint density at radius 3 is 2.40 bits per heavy atom. The van der Waals surface area contributed by atoms with Crippen molar-refractivity contribution in [3.05, 3.63) is 29.8 Å². The Morgan fingerprint density at radius 1 is 1.15 bits per heavy atom. The Morgan fingerprint density at radius 2 is 1.80 bits per heavy atom. The van der Waals surface area contributed by atoms with Crippen LogP contribution in [0.25, 0.3) is 0 Å². The molecule has 0 unspecified atom stereocenters. The van der Waals surface area contributed by atoms with Gasteiger partial charge in [-0.05, 0) is 19.2 Å². The van der Waals surface area contributed by atoms with E-state index in [-0.39, 0.29) is 24.7 Å². The third-order valence-corrected chi connectivity index (χ3v) is 2.52. The van der Waals surface area contributed by atoms with Gasteiger partial charge < -0.3 is 10.2 Å². The van der Waals surface area contributed by atoms with E-state index in [4.69, 9.17) is 0 Å². The van der Waals surface area contributed by atoms with Gasteiger partial charge in [-0.25, -0.2) is 8.78 Å². The molecule has 1 aromatic carbocycles. The second-order valence-electron chi connectivity index (χ2n) is 4.63. The molecule has 0 heterocycles. The minimum absolute atomic E-state index is 0.0616. The van der Waals surface area contributed by atoms with Crippen LogP contribution in [0.3, 0.4) is 0 Å². The normalized spacial score (nSPS) is 10.5. The maximum atomic E-state index is 13.3. The molecule has 0 fully saturated rings. The van der Waals surface area contributed by atoms with E-state index in [1.807, 2.05) is 0 Å². The van der Waals surface area contributed by atoms with E-state index >= 15 is 0 Å². The van der Waals surface area contributed by atoms with Crippen LogP contribution in [0.1, 0.15) is 0 Å². The molecule has 0 aliphatic rings. The first kappa shape index (κ1) is 16.0. The molecular weight excluding hydrogens is 268 g/mol. The first-order chi connectivity index (χ1) is 9.29. The predicted octanol–water partition coefficient (Wildman–Crippen LogP) is 0.923. The summed E-state index contributed by atoms with van der Waals surface area (Å²) in [5.41, 5.74) is -0.220. The lowest BCUT2D eigenvalue weighted by Gasteiger charge is -2.18. The van der Waals surface area contributed by atoms with Crippen LogP contribution in [0.2, 0.25) is 0 Å². The summed E-state index contributed by atoms with van der Waals surface area (Å²) in [5.74, 6) is -2.04. The highest BCUT2D eigenvalue weighted by atomic mass is 19.1. The van der Waals surface area contributed by atoms with Crippen molar-refractivity contribution in [2.45, 2.75) is 0 Å². The Bertz CT molecular complexity index is 506. The van der Waals surface area contributed by atoms with Crippen LogP contribution >= 0.6 is 0 Å². The molecule has 0 saturated heterocycles. The first-order valence-electron chi connectivity index (χ1n) is 5.93. The standard InChI is InChI=1S/C13H17F2N3O2/c1-17(2)13(20)8-18(3)7-12(19)16-11-6-9(14)4-5-10(11)15/h4-6H,7-8H2,1-3H3,(H,16,19). The maximum absolute atomic E-state index is 13.3. The van der Waals surface area contributed by atoms with Crippen molar-refractivity contribution in [1.82, 2.24) is 9.80 Å². The third kappa shape index (κ3) is 4.93. The molecule has 0 spiro atoms. The highest BCUT2D eigenvalue weighted by molar-refractivity contribution is 5.92. The summed E-state index contributed by atoms with van der Waals surface area (Å²) in [6.45, 7) is -0.0401. The van der Waals surface area contributed by atoms with Crippen LogP contribution in [-0.2, 0) is 9.59 Å². The van der Waals surface area contributed by atoms with Crippen LogP contribution in [0.4, 0.5) is 14.5 Å². The topological polar surface area (TPSA) is 52.7 Å². The van der Waals surface area contributed by atoms with Crippen LogP contribution in [0, 0.1) is 11.6 Å². The summed E-state index contributed by atoms with van der Waals surface area (Å²) < 4.78 is 26.3. The van der Waals surface area contributed by atoms with Gasteiger partial charge in [-0.2, -0.15) is 0 Å². The van der Waals surface area contributed by atoms with Gasteiger partial charge in [0.05, 0.1) is 18.8 Å². The highest BCUT2D eigenvalue weighted by Crippen LogP contribution is 2.14. The van der Waals surface area contributed by atoms with E-state index < -0.39 is 17.5 Å². The molecule has 0 atom stereocenters. The molecule has 0 aliphatic carbocycles. The first-order valence-corrected chi connectivity index (χ1v) is 5.93. The van der Waals surface area contributed by atoms with Gasteiger partial charge in [-0.15, -0.1) is 0 Å². The van der Waals surface area contributed by atoms with Gasteiger partial charge in [0.2, 0.25) is 11.8 Å². The molecule has 20 heavy (non-hydrogen) atoms. The van der Waals surface area contributed by atoms with Crippen molar-refractivity contribution in [2.75, 3.05) is 39.5 Å². The maximum Gasteiger partial charge on any atom is 0.238 e. The zero-order valence-corrected chi connectivity index (χ0v) is 11.6. The summed E-state index contributed by atoms with van der Waals surface area (Å²) in [7, 11) is 4.81. The van der Waals surface area contributed by atoms with Gasteiger partial charge in [0.1, 0.15) is 11.6 Å². The number of hydrogen-bond donors (Lipinski definition) is 1. The van der Waals surface area contributed by atoms with E-state index in [0.717, 1.165) is 18.2 Å². The summed E-state index contributed by atoms with van der Waals surface area (Å²) in [6, 6.07) is 2.80. The molecule has 0 aromatic heterocycles. The van der Waals surface area contributed by atoms with Crippen molar-refractivity contribution < 1.29 is 18.4 Å². The Kier molecular flexibility index (Phi) is 5.57. The number of nitrogens with zero attached hydrogens (tertiary/aromatic N) is 2. The quantitative estimate of drug-likeness (QED) is 0.875. The molecule has 1 rings (SSSR count). The van der Waals surface area contributed by atoms with Gasteiger partial charge in [0, 0.05) is 20.2 Å². The fraction of sp³-hybridized carbons (Fsp3) is 0.385. The van der Waals surface area contributed by atoms with Crippen molar-refractivity contribution >= 4 is 17.5 Å². The van der Waals surface area contributed by atoms with Crippen LogP contribution in [-0.4, -0.2) is 55.8 Å². The van der Waals surface area contributed by atoms with Crippen molar-refractivity contribution in [3.63, 3.8) is 0 Å². The van der Waals surface area contributed by atoms with Gasteiger partial charge in [0.25, 0.3) is 0 Å². The molecular formula is C13H17F2N3O2. The van der Waals surface area contributed by atoms with Crippen molar-refractivity contribution in [2.24, 2.45) is 0 Å². The summed E-state index contributed by atoms with van der Waals surface area (Å²) >= 11 is 0. The van der Waals surface area contributed by atoms with E-state index in [1.165, 1.54) is 9.80 Å². The third-order valence-electron chi connectivity index (χ3n) is 2.52. The van der Waals surface area contributed by atoms with E-state index in [2.05, 4.69) is 5.32 Å². The molecule has 0 aliphatic heterocycles. The molecule has 110 valence electrons. The van der Waals surface area contributed by atoms with E-state index in [0.29, 0.717) is 0 Å². The van der Waals surface area contributed by atoms with Crippen molar-refractivity contribution in [3.8, 4) is 0 Å². The van der Waals surface area contributed by atoms with E-state index in [1.54, 1.807) is 21.1 Å². The van der Waals surface area contributed by atoms with Gasteiger partial charge in [-0.1, -0.05) is 0 Å². The number of nitrogens with one attached hydrogen (secondary N) is 1. The second-order valence-corrected chi connectivity index (χ2v) is 4.63. The zero-order chi connectivity index (χ0) is 15.3. The predicted molar refractivity (Wildman–Crippen MR) is 71.2 cm³/mol. The molecule has 5 nitrogen and oxygen atoms in total. The smallest absolute Gasteiger partial charge is 0.238 e. The lowest BCUT2D eigenvalue weighted by atomic mass is 10.3. The number of carbonyl (C=O) groups excluding carboxylic acids is 2. The number of benzene rings is 1. The second kappa shape index (κ2) is 6.95. The number of carbonyl (C=O) groups is 2. The minimum Gasteiger partial charge on any atom is -0.348 e. The zero-order valence-electron chi connectivity index (χ0n) is 11.6. The average molecular weight is 285 g/mol. The highest BCUT2D eigenvalue weighted by Gasteiger charge is 2.13. The molecule has 1 aromatic rings. The largest absolute Gasteiger partial charge is 0.348 e. The molecule has 0 saturated carbocycles. The number of rotatable bonds is 5.